The number of sulfonamides is 1. The van der Waals surface area contributed by atoms with Gasteiger partial charge in [0.1, 0.15) is 10.7 Å². The van der Waals surface area contributed by atoms with E-state index < -0.39 is 32.5 Å². The third-order valence-electron chi connectivity index (χ3n) is 4.12. The van der Waals surface area contributed by atoms with Crippen LogP contribution in [0.4, 0.5) is 17.6 Å². The summed E-state index contributed by atoms with van der Waals surface area (Å²) in [6, 6.07) is 1.31. The Labute approximate surface area is 144 Å². The molecule has 1 atom stereocenters. The number of piperidine rings is 1. The summed E-state index contributed by atoms with van der Waals surface area (Å²) in [5.41, 5.74) is 4.58. The second-order valence-electron chi connectivity index (χ2n) is 5.74. The number of hydrogen-bond acceptors (Lipinski definition) is 3. The van der Waals surface area contributed by atoms with Crippen molar-refractivity contribution >= 4 is 22.4 Å². The van der Waals surface area contributed by atoms with Gasteiger partial charge in [0.25, 0.3) is 0 Å². The van der Waals surface area contributed by atoms with Crippen LogP contribution in [0.25, 0.3) is 0 Å². The molecule has 1 unspecified atom stereocenters. The molecule has 24 heavy (non-hydrogen) atoms. The number of alkyl halides is 3. The molecule has 4 nitrogen and oxygen atoms in total. The SMILES string of the molecule is CC(N)C1CCN(S(=O)(=O)c2cc(C(F)(F)F)ccc2F)CC1.Cl. The average Bonchev–Trinajstić information content (AvgIpc) is 2.46. The molecule has 0 radical (unpaired) electrons. The van der Waals surface area contributed by atoms with E-state index in [1.807, 2.05) is 6.92 Å². The molecule has 0 aromatic heterocycles. The molecule has 0 bridgehead atoms. The zero-order valence-corrected chi connectivity index (χ0v) is 14.5. The lowest BCUT2D eigenvalue weighted by atomic mass is 9.92. The average molecular weight is 391 g/mol. The van der Waals surface area contributed by atoms with Crippen molar-refractivity contribution in [2.45, 2.75) is 36.9 Å². The molecule has 0 aliphatic carbocycles. The monoisotopic (exact) mass is 390 g/mol. The van der Waals surface area contributed by atoms with Crippen LogP contribution in [0.1, 0.15) is 25.3 Å². The van der Waals surface area contributed by atoms with Crippen LogP contribution in [-0.4, -0.2) is 31.9 Å². The highest BCUT2D eigenvalue weighted by Crippen LogP contribution is 2.33. The van der Waals surface area contributed by atoms with Crippen molar-refractivity contribution in [1.29, 1.82) is 0 Å². The number of nitrogens with two attached hydrogens (primary N) is 1. The molecule has 1 aromatic carbocycles. The Hall–Kier alpha value is -0.900. The lowest BCUT2D eigenvalue weighted by Crippen LogP contribution is -2.42. The fourth-order valence-electron chi connectivity index (χ4n) is 2.66. The molecule has 0 amide bonds. The van der Waals surface area contributed by atoms with Crippen LogP contribution in [-0.2, 0) is 16.2 Å². The molecule has 0 spiro atoms. The summed E-state index contributed by atoms with van der Waals surface area (Å²) in [7, 11) is -4.31. The Kier molecular flexibility index (Phi) is 6.65. The smallest absolute Gasteiger partial charge is 0.328 e. The van der Waals surface area contributed by atoms with Crippen LogP contribution in [0.15, 0.2) is 23.1 Å². The molecule has 0 saturated carbocycles. The van der Waals surface area contributed by atoms with E-state index in [4.69, 9.17) is 5.73 Å². The Morgan fingerprint density at radius 3 is 2.25 bits per heavy atom. The van der Waals surface area contributed by atoms with Gasteiger partial charge in [-0.25, -0.2) is 12.8 Å². The van der Waals surface area contributed by atoms with Crippen molar-refractivity contribution in [3.63, 3.8) is 0 Å². The summed E-state index contributed by atoms with van der Waals surface area (Å²) in [6.45, 7) is 2.05. The lowest BCUT2D eigenvalue weighted by Gasteiger charge is -2.33. The maximum atomic E-state index is 13.8. The molecule has 1 aromatic rings. The Balaban J connectivity index is 0.00000288. The first kappa shape index (κ1) is 21.1. The van der Waals surface area contributed by atoms with Crippen molar-refractivity contribution in [1.82, 2.24) is 4.31 Å². The highest BCUT2D eigenvalue weighted by atomic mass is 35.5. The van der Waals surface area contributed by atoms with Gasteiger partial charge in [-0.3, -0.25) is 0 Å². The summed E-state index contributed by atoms with van der Waals surface area (Å²) < 4.78 is 77.9. The predicted molar refractivity (Wildman–Crippen MR) is 83.8 cm³/mol. The van der Waals surface area contributed by atoms with Crippen molar-refractivity contribution in [2.24, 2.45) is 11.7 Å². The fourth-order valence-corrected chi connectivity index (χ4v) is 4.22. The molecule has 10 heteroatoms. The van der Waals surface area contributed by atoms with E-state index in [-0.39, 0.29) is 37.5 Å². The van der Waals surface area contributed by atoms with Crippen LogP contribution in [0.3, 0.4) is 0 Å². The van der Waals surface area contributed by atoms with Gasteiger partial charge in [0, 0.05) is 19.1 Å². The minimum atomic E-state index is -4.74. The zero-order valence-electron chi connectivity index (χ0n) is 12.9. The van der Waals surface area contributed by atoms with Gasteiger partial charge in [0.15, 0.2) is 0 Å². The molecule has 2 rings (SSSR count). The predicted octanol–water partition coefficient (Wildman–Crippen LogP) is 3.01. The van der Waals surface area contributed by atoms with Gasteiger partial charge in [-0.15, -0.1) is 12.4 Å². The second-order valence-corrected chi connectivity index (χ2v) is 7.65. The molecular formula is C14H19ClF4N2O2S. The van der Waals surface area contributed by atoms with Gasteiger partial charge in [0.2, 0.25) is 10.0 Å². The molecule has 1 aliphatic rings. The molecule has 1 fully saturated rings. The van der Waals surface area contributed by atoms with E-state index >= 15 is 0 Å². The van der Waals surface area contributed by atoms with Crippen molar-refractivity contribution < 1.29 is 26.0 Å². The molecule has 1 aliphatic heterocycles. The highest BCUT2D eigenvalue weighted by molar-refractivity contribution is 7.89. The van der Waals surface area contributed by atoms with Gasteiger partial charge in [-0.1, -0.05) is 0 Å². The largest absolute Gasteiger partial charge is 0.416 e. The minimum absolute atomic E-state index is 0. The van der Waals surface area contributed by atoms with Crippen LogP contribution < -0.4 is 5.73 Å². The van der Waals surface area contributed by atoms with E-state index in [1.54, 1.807) is 0 Å². The molecule has 1 saturated heterocycles. The fraction of sp³-hybridized carbons (Fsp3) is 0.571. The van der Waals surface area contributed by atoms with Crippen molar-refractivity contribution in [3.8, 4) is 0 Å². The quantitative estimate of drug-likeness (QED) is 0.807. The maximum absolute atomic E-state index is 13.8. The summed E-state index contributed by atoms with van der Waals surface area (Å²) >= 11 is 0. The van der Waals surface area contributed by atoms with Gasteiger partial charge in [-0.2, -0.15) is 17.5 Å². The van der Waals surface area contributed by atoms with E-state index in [0.717, 1.165) is 4.31 Å². The third kappa shape index (κ3) is 4.38. The summed E-state index contributed by atoms with van der Waals surface area (Å²) in [5, 5.41) is 0. The van der Waals surface area contributed by atoms with E-state index in [0.29, 0.717) is 31.0 Å². The standard InChI is InChI=1S/C14H18F4N2O2S.ClH/c1-9(19)10-4-6-20(7-5-10)23(21,22)13-8-11(14(16,17)18)2-3-12(13)15;/h2-3,8-10H,4-7,19H2,1H3;1H. The van der Waals surface area contributed by atoms with E-state index in [9.17, 15) is 26.0 Å². The van der Waals surface area contributed by atoms with Gasteiger partial charge in [0.05, 0.1) is 5.56 Å². The first-order chi connectivity index (χ1) is 10.5. The minimum Gasteiger partial charge on any atom is -0.328 e. The Morgan fingerprint density at radius 2 is 1.79 bits per heavy atom. The normalized spacial score (nSPS) is 18.9. The van der Waals surface area contributed by atoms with Crippen LogP contribution in [0.2, 0.25) is 0 Å². The first-order valence-corrected chi connectivity index (χ1v) is 8.60. The molecule has 2 N–H and O–H groups in total. The lowest BCUT2D eigenvalue weighted by molar-refractivity contribution is -0.137. The summed E-state index contributed by atoms with van der Waals surface area (Å²) in [6.07, 6.45) is -3.74. The number of benzene rings is 1. The van der Waals surface area contributed by atoms with Gasteiger partial charge >= 0.3 is 6.18 Å². The van der Waals surface area contributed by atoms with Gasteiger partial charge < -0.3 is 5.73 Å². The van der Waals surface area contributed by atoms with Crippen molar-refractivity contribution in [3.05, 3.63) is 29.6 Å². The highest BCUT2D eigenvalue weighted by Gasteiger charge is 2.36. The number of halogens is 5. The Morgan fingerprint density at radius 1 is 1.25 bits per heavy atom. The molecule has 1 heterocycles. The Bertz CT molecular complexity index is 672. The molecular weight excluding hydrogens is 372 g/mol. The third-order valence-corrected chi connectivity index (χ3v) is 6.03. The van der Waals surface area contributed by atoms with Crippen LogP contribution >= 0.6 is 12.4 Å². The van der Waals surface area contributed by atoms with E-state index in [1.165, 1.54) is 0 Å². The number of nitrogens with zero attached hydrogens (tertiary/aromatic N) is 1. The first-order valence-electron chi connectivity index (χ1n) is 7.16. The topological polar surface area (TPSA) is 63.4 Å². The summed E-state index contributed by atoms with van der Waals surface area (Å²) in [4.78, 5) is -0.938. The second kappa shape index (κ2) is 7.55. The summed E-state index contributed by atoms with van der Waals surface area (Å²) in [5.74, 6) is -1.04. The van der Waals surface area contributed by atoms with Crippen molar-refractivity contribution in [2.75, 3.05) is 13.1 Å². The van der Waals surface area contributed by atoms with E-state index in [2.05, 4.69) is 0 Å². The molecule has 138 valence electrons. The number of hydrogen-bond donors (Lipinski definition) is 1. The maximum Gasteiger partial charge on any atom is 0.416 e. The zero-order chi connectivity index (χ0) is 17.4. The van der Waals surface area contributed by atoms with Crippen LogP contribution in [0, 0.1) is 11.7 Å². The van der Waals surface area contributed by atoms with Crippen LogP contribution in [0.5, 0.6) is 0 Å². The number of rotatable bonds is 3. The van der Waals surface area contributed by atoms with Gasteiger partial charge in [-0.05, 0) is 43.9 Å².